The van der Waals surface area contributed by atoms with E-state index in [0.717, 1.165) is 18.7 Å². The normalized spacial score (nSPS) is 12.8. The SMILES string of the molecule is CCC/C=C\N=C(/C)CNC. The molecule has 0 unspecified atom stereocenters. The van der Waals surface area contributed by atoms with Gasteiger partial charge in [-0.1, -0.05) is 19.4 Å². The first kappa shape index (κ1) is 10.4. The number of unbranched alkanes of at least 4 members (excludes halogenated alkanes) is 1. The van der Waals surface area contributed by atoms with Gasteiger partial charge in [-0.2, -0.15) is 0 Å². The Morgan fingerprint density at radius 1 is 1.55 bits per heavy atom. The first-order chi connectivity index (χ1) is 5.31. The third kappa shape index (κ3) is 7.26. The zero-order valence-electron chi connectivity index (χ0n) is 7.72. The number of allylic oxidation sites excluding steroid dienone is 1. The minimum absolute atomic E-state index is 0.871. The summed E-state index contributed by atoms with van der Waals surface area (Å²) in [5.41, 5.74) is 1.12. The van der Waals surface area contributed by atoms with Gasteiger partial charge in [0.05, 0.1) is 0 Å². The second kappa shape index (κ2) is 7.48. The Kier molecular flexibility index (Phi) is 7.05. The summed E-state index contributed by atoms with van der Waals surface area (Å²) < 4.78 is 0. The summed E-state index contributed by atoms with van der Waals surface area (Å²) in [5.74, 6) is 0. The maximum absolute atomic E-state index is 4.22. The standard InChI is InChI=1S/C9H18N2/c1-4-5-6-7-11-9(2)8-10-3/h6-7,10H,4-5,8H2,1-3H3/b7-6-,11-9+. The Labute approximate surface area is 69.4 Å². The molecule has 0 spiro atoms. The molecule has 0 aliphatic carbocycles. The van der Waals surface area contributed by atoms with Gasteiger partial charge in [0.25, 0.3) is 0 Å². The second-order valence-corrected chi connectivity index (χ2v) is 2.57. The molecule has 0 bridgehead atoms. The summed E-state index contributed by atoms with van der Waals surface area (Å²) in [4.78, 5) is 4.22. The van der Waals surface area contributed by atoms with Gasteiger partial charge in [-0.05, 0) is 20.4 Å². The summed E-state index contributed by atoms with van der Waals surface area (Å²) in [7, 11) is 1.93. The number of hydrogen-bond acceptors (Lipinski definition) is 2. The Bertz CT molecular complexity index is 136. The maximum Gasteiger partial charge on any atom is 0.0334 e. The van der Waals surface area contributed by atoms with Crippen molar-refractivity contribution in [3.63, 3.8) is 0 Å². The van der Waals surface area contributed by atoms with Crippen molar-refractivity contribution in [2.24, 2.45) is 4.99 Å². The third-order valence-electron chi connectivity index (χ3n) is 1.29. The van der Waals surface area contributed by atoms with E-state index in [1.807, 2.05) is 20.2 Å². The van der Waals surface area contributed by atoms with Crippen LogP contribution in [0.2, 0.25) is 0 Å². The van der Waals surface area contributed by atoms with E-state index >= 15 is 0 Å². The van der Waals surface area contributed by atoms with Gasteiger partial charge in [0.1, 0.15) is 0 Å². The van der Waals surface area contributed by atoms with Gasteiger partial charge in [-0.15, -0.1) is 0 Å². The monoisotopic (exact) mass is 154 g/mol. The first-order valence-electron chi connectivity index (χ1n) is 4.14. The van der Waals surface area contributed by atoms with Gasteiger partial charge >= 0.3 is 0 Å². The molecule has 0 saturated heterocycles. The van der Waals surface area contributed by atoms with Gasteiger partial charge in [0.2, 0.25) is 0 Å². The zero-order chi connectivity index (χ0) is 8.53. The van der Waals surface area contributed by atoms with Crippen molar-refractivity contribution >= 4 is 5.71 Å². The third-order valence-corrected chi connectivity index (χ3v) is 1.29. The van der Waals surface area contributed by atoms with Gasteiger partial charge in [0, 0.05) is 18.5 Å². The minimum atomic E-state index is 0.871. The summed E-state index contributed by atoms with van der Waals surface area (Å²) in [6, 6.07) is 0. The van der Waals surface area contributed by atoms with Gasteiger partial charge < -0.3 is 5.32 Å². The summed E-state index contributed by atoms with van der Waals surface area (Å²) in [6.45, 7) is 5.05. The molecule has 0 amide bonds. The van der Waals surface area contributed by atoms with Crippen LogP contribution in [0.5, 0.6) is 0 Å². The lowest BCUT2D eigenvalue weighted by molar-refractivity contribution is 0.939. The topological polar surface area (TPSA) is 24.4 Å². The van der Waals surface area contributed by atoms with E-state index in [9.17, 15) is 0 Å². The van der Waals surface area contributed by atoms with Crippen LogP contribution in [0.15, 0.2) is 17.3 Å². The van der Waals surface area contributed by atoms with E-state index in [2.05, 4.69) is 23.3 Å². The highest BCUT2D eigenvalue weighted by Crippen LogP contribution is 1.88. The lowest BCUT2D eigenvalue weighted by Crippen LogP contribution is -2.15. The van der Waals surface area contributed by atoms with Gasteiger partial charge in [-0.25, -0.2) is 0 Å². The van der Waals surface area contributed by atoms with Gasteiger partial charge in [0.15, 0.2) is 0 Å². The average molecular weight is 154 g/mol. The molecule has 1 N–H and O–H groups in total. The molecule has 0 aromatic carbocycles. The van der Waals surface area contributed by atoms with E-state index in [1.165, 1.54) is 6.42 Å². The quantitative estimate of drug-likeness (QED) is 0.602. The molecule has 11 heavy (non-hydrogen) atoms. The van der Waals surface area contributed by atoms with Crippen molar-refractivity contribution in [3.8, 4) is 0 Å². The molecule has 2 nitrogen and oxygen atoms in total. The van der Waals surface area contributed by atoms with E-state index in [4.69, 9.17) is 0 Å². The molecule has 0 aromatic heterocycles. The first-order valence-corrected chi connectivity index (χ1v) is 4.14. The molecule has 64 valence electrons. The van der Waals surface area contributed by atoms with Crippen LogP contribution in [0, 0.1) is 0 Å². The lowest BCUT2D eigenvalue weighted by Gasteiger charge is -1.94. The summed E-state index contributed by atoms with van der Waals surface area (Å²) in [5, 5.41) is 3.04. The zero-order valence-corrected chi connectivity index (χ0v) is 7.72. The number of nitrogens with zero attached hydrogens (tertiary/aromatic N) is 1. The predicted octanol–water partition coefficient (Wildman–Crippen LogP) is 1.98. The number of nitrogens with one attached hydrogen (secondary N) is 1. The number of hydrogen-bond donors (Lipinski definition) is 1. The number of rotatable bonds is 5. The molecule has 0 radical (unpaired) electrons. The van der Waals surface area contributed by atoms with Crippen molar-refractivity contribution < 1.29 is 0 Å². The van der Waals surface area contributed by atoms with Crippen molar-refractivity contribution in [1.82, 2.24) is 5.32 Å². The van der Waals surface area contributed by atoms with E-state index in [0.29, 0.717) is 0 Å². The van der Waals surface area contributed by atoms with Crippen molar-refractivity contribution in [3.05, 3.63) is 12.3 Å². The van der Waals surface area contributed by atoms with E-state index < -0.39 is 0 Å². The highest BCUT2D eigenvalue weighted by molar-refractivity contribution is 5.84. The van der Waals surface area contributed by atoms with Crippen LogP contribution >= 0.6 is 0 Å². The molecule has 0 atom stereocenters. The van der Waals surface area contributed by atoms with Gasteiger partial charge in [-0.3, -0.25) is 4.99 Å². The molecule has 2 heteroatoms. The van der Waals surface area contributed by atoms with Crippen LogP contribution < -0.4 is 5.32 Å². The maximum atomic E-state index is 4.22. The number of aliphatic imine (C=N–C) groups is 1. The fraction of sp³-hybridized carbons (Fsp3) is 0.667. The van der Waals surface area contributed by atoms with Crippen LogP contribution in [0.1, 0.15) is 26.7 Å². The largest absolute Gasteiger partial charge is 0.315 e. The summed E-state index contributed by atoms with van der Waals surface area (Å²) in [6.07, 6.45) is 6.29. The summed E-state index contributed by atoms with van der Waals surface area (Å²) >= 11 is 0. The van der Waals surface area contributed by atoms with E-state index in [1.54, 1.807) is 0 Å². The lowest BCUT2D eigenvalue weighted by atomic mass is 10.3. The molecule has 0 rings (SSSR count). The predicted molar refractivity (Wildman–Crippen MR) is 51.1 cm³/mol. The molecule has 0 aliphatic rings. The van der Waals surface area contributed by atoms with E-state index in [-0.39, 0.29) is 0 Å². The smallest absolute Gasteiger partial charge is 0.0334 e. The fourth-order valence-electron chi connectivity index (χ4n) is 0.723. The van der Waals surface area contributed by atoms with Crippen LogP contribution in [-0.4, -0.2) is 19.3 Å². The van der Waals surface area contributed by atoms with Crippen molar-refractivity contribution in [1.29, 1.82) is 0 Å². The van der Waals surface area contributed by atoms with Crippen molar-refractivity contribution in [2.45, 2.75) is 26.7 Å². The Morgan fingerprint density at radius 2 is 2.27 bits per heavy atom. The Balaban J connectivity index is 3.53. The highest BCUT2D eigenvalue weighted by atomic mass is 14.8. The second-order valence-electron chi connectivity index (χ2n) is 2.57. The Morgan fingerprint density at radius 3 is 2.82 bits per heavy atom. The van der Waals surface area contributed by atoms with Crippen LogP contribution in [0.3, 0.4) is 0 Å². The molecule has 0 aromatic rings. The van der Waals surface area contributed by atoms with Crippen LogP contribution in [-0.2, 0) is 0 Å². The average Bonchev–Trinajstić information content (AvgIpc) is 1.99. The Hall–Kier alpha value is -0.630. The highest BCUT2D eigenvalue weighted by Gasteiger charge is 1.82. The molecular weight excluding hydrogens is 136 g/mol. The van der Waals surface area contributed by atoms with Crippen molar-refractivity contribution in [2.75, 3.05) is 13.6 Å². The molecule has 0 fully saturated rings. The van der Waals surface area contributed by atoms with Crippen LogP contribution in [0.25, 0.3) is 0 Å². The molecule has 0 saturated carbocycles. The fourth-order valence-corrected chi connectivity index (χ4v) is 0.723. The molecule has 0 aliphatic heterocycles. The minimum Gasteiger partial charge on any atom is -0.315 e. The van der Waals surface area contributed by atoms with Crippen LogP contribution in [0.4, 0.5) is 0 Å². The molecular formula is C9H18N2. The molecule has 0 heterocycles.